The summed E-state index contributed by atoms with van der Waals surface area (Å²) in [5.74, 6) is 0. The fourth-order valence-electron chi connectivity index (χ4n) is 2.25. The number of benzene rings is 2. The van der Waals surface area contributed by atoms with Crippen LogP contribution in [0.5, 0.6) is 0 Å². The SMILES string of the molecule is Nc1c(-c2ccccc2)sc(C=O)c1-c1ccccc1. The zero-order valence-electron chi connectivity index (χ0n) is 10.7. The molecule has 0 atom stereocenters. The van der Waals surface area contributed by atoms with E-state index >= 15 is 0 Å². The molecule has 0 radical (unpaired) electrons. The maximum absolute atomic E-state index is 11.4. The summed E-state index contributed by atoms with van der Waals surface area (Å²) >= 11 is 1.44. The second-order valence-corrected chi connectivity index (χ2v) is 5.49. The molecule has 2 aromatic carbocycles. The summed E-state index contributed by atoms with van der Waals surface area (Å²) in [7, 11) is 0. The number of aldehydes is 1. The molecule has 1 heterocycles. The molecule has 0 fully saturated rings. The highest BCUT2D eigenvalue weighted by Crippen LogP contribution is 2.43. The first kappa shape index (κ1) is 12.6. The van der Waals surface area contributed by atoms with Gasteiger partial charge in [-0.3, -0.25) is 4.79 Å². The Morgan fingerprint density at radius 1 is 0.850 bits per heavy atom. The molecule has 0 saturated heterocycles. The van der Waals surface area contributed by atoms with Crippen LogP contribution in [0.25, 0.3) is 21.6 Å². The summed E-state index contributed by atoms with van der Waals surface area (Å²) < 4.78 is 0. The Balaban J connectivity index is 2.22. The minimum Gasteiger partial charge on any atom is -0.397 e. The molecular weight excluding hydrogens is 266 g/mol. The van der Waals surface area contributed by atoms with Crippen LogP contribution in [0.1, 0.15) is 9.67 Å². The van der Waals surface area contributed by atoms with Crippen LogP contribution in [0.4, 0.5) is 5.69 Å². The highest BCUT2D eigenvalue weighted by atomic mass is 32.1. The number of thiophene rings is 1. The van der Waals surface area contributed by atoms with E-state index in [4.69, 9.17) is 5.73 Å². The van der Waals surface area contributed by atoms with Gasteiger partial charge in [0.2, 0.25) is 0 Å². The van der Waals surface area contributed by atoms with E-state index < -0.39 is 0 Å². The maximum Gasteiger partial charge on any atom is 0.160 e. The lowest BCUT2D eigenvalue weighted by molar-refractivity contribution is 0.112. The van der Waals surface area contributed by atoms with Crippen LogP contribution in [-0.4, -0.2) is 6.29 Å². The predicted octanol–water partition coefficient (Wildman–Crippen LogP) is 4.48. The monoisotopic (exact) mass is 279 g/mol. The number of nitrogen functional groups attached to an aromatic ring is 1. The van der Waals surface area contributed by atoms with Crippen molar-refractivity contribution in [1.29, 1.82) is 0 Å². The maximum atomic E-state index is 11.4. The van der Waals surface area contributed by atoms with Crippen molar-refractivity contribution >= 4 is 23.3 Å². The first-order valence-electron chi connectivity index (χ1n) is 6.29. The summed E-state index contributed by atoms with van der Waals surface area (Å²) in [6.07, 6.45) is 0.885. The molecule has 0 aliphatic rings. The van der Waals surface area contributed by atoms with E-state index in [1.165, 1.54) is 11.3 Å². The second kappa shape index (κ2) is 5.31. The Hall–Kier alpha value is -2.39. The van der Waals surface area contributed by atoms with Crippen LogP contribution in [0, 0.1) is 0 Å². The Kier molecular flexibility index (Phi) is 3.35. The molecule has 0 saturated carbocycles. The van der Waals surface area contributed by atoms with Crippen LogP contribution in [-0.2, 0) is 0 Å². The van der Waals surface area contributed by atoms with Gasteiger partial charge in [0.05, 0.1) is 15.4 Å². The molecule has 3 heteroatoms. The fraction of sp³-hybridized carbons (Fsp3) is 0. The third-order valence-electron chi connectivity index (χ3n) is 3.18. The second-order valence-electron chi connectivity index (χ2n) is 4.43. The molecule has 0 aliphatic heterocycles. The molecule has 98 valence electrons. The van der Waals surface area contributed by atoms with Gasteiger partial charge in [0.1, 0.15) is 0 Å². The minimum atomic E-state index is 0.674. The first-order valence-corrected chi connectivity index (χ1v) is 7.11. The zero-order valence-corrected chi connectivity index (χ0v) is 11.6. The van der Waals surface area contributed by atoms with Crippen molar-refractivity contribution in [3.8, 4) is 21.6 Å². The van der Waals surface area contributed by atoms with Crippen LogP contribution >= 0.6 is 11.3 Å². The van der Waals surface area contributed by atoms with E-state index in [-0.39, 0.29) is 0 Å². The van der Waals surface area contributed by atoms with Gasteiger partial charge in [-0.25, -0.2) is 0 Å². The highest BCUT2D eigenvalue weighted by Gasteiger charge is 2.17. The molecule has 3 rings (SSSR count). The molecule has 1 aromatic heterocycles. The quantitative estimate of drug-likeness (QED) is 0.718. The van der Waals surface area contributed by atoms with Gasteiger partial charge in [0, 0.05) is 5.56 Å². The van der Waals surface area contributed by atoms with Crippen LogP contribution in [0.3, 0.4) is 0 Å². The molecule has 3 aromatic rings. The van der Waals surface area contributed by atoms with Gasteiger partial charge in [-0.2, -0.15) is 0 Å². The predicted molar refractivity (Wildman–Crippen MR) is 85.0 cm³/mol. The van der Waals surface area contributed by atoms with Gasteiger partial charge in [-0.1, -0.05) is 60.7 Å². The molecule has 0 bridgehead atoms. The molecule has 0 amide bonds. The average Bonchev–Trinajstić information content (AvgIpc) is 2.86. The Bertz CT molecular complexity index is 732. The molecule has 2 N–H and O–H groups in total. The van der Waals surface area contributed by atoms with E-state index in [1.807, 2.05) is 60.7 Å². The standard InChI is InChI=1S/C17H13NOS/c18-16-15(12-7-3-1-4-8-12)14(11-19)20-17(16)13-9-5-2-6-10-13/h1-11H,18H2. The summed E-state index contributed by atoms with van der Waals surface area (Å²) in [6, 6.07) is 19.7. The normalized spacial score (nSPS) is 10.4. The smallest absolute Gasteiger partial charge is 0.160 e. The van der Waals surface area contributed by atoms with E-state index in [0.717, 1.165) is 27.9 Å². The molecule has 20 heavy (non-hydrogen) atoms. The minimum absolute atomic E-state index is 0.674. The van der Waals surface area contributed by atoms with Gasteiger partial charge < -0.3 is 5.73 Å². The lowest BCUT2D eigenvalue weighted by atomic mass is 10.0. The Morgan fingerprint density at radius 3 is 1.95 bits per heavy atom. The van der Waals surface area contributed by atoms with Crippen molar-refractivity contribution in [3.05, 3.63) is 65.5 Å². The number of carbonyl (C=O) groups excluding carboxylic acids is 1. The Labute approximate surface area is 121 Å². The van der Waals surface area contributed by atoms with Crippen LogP contribution < -0.4 is 5.73 Å². The van der Waals surface area contributed by atoms with Crippen LogP contribution in [0.2, 0.25) is 0 Å². The van der Waals surface area contributed by atoms with Crippen molar-refractivity contribution in [2.24, 2.45) is 0 Å². The van der Waals surface area contributed by atoms with E-state index in [9.17, 15) is 4.79 Å². The van der Waals surface area contributed by atoms with Crippen molar-refractivity contribution in [1.82, 2.24) is 0 Å². The summed E-state index contributed by atoms with van der Waals surface area (Å²) in [5.41, 5.74) is 9.83. The number of rotatable bonds is 3. The molecule has 0 unspecified atom stereocenters. The van der Waals surface area contributed by atoms with E-state index in [1.54, 1.807) is 0 Å². The number of nitrogens with two attached hydrogens (primary N) is 1. The summed E-state index contributed by atoms with van der Waals surface area (Å²) in [6.45, 7) is 0. The van der Waals surface area contributed by atoms with Crippen LogP contribution in [0.15, 0.2) is 60.7 Å². The number of hydrogen-bond donors (Lipinski definition) is 1. The molecule has 2 nitrogen and oxygen atoms in total. The Morgan fingerprint density at radius 2 is 1.40 bits per heavy atom. The number of anilines is 1. The summed E-state index contributed by atoms with van der Waals surface area (Å²) in [4.78, 5) is 13.0. The van der Waals surface area contributed by atoms with E-state index in [0.29, 0.717) is 10.6 Å². The average molecular weight is 279 g/mol. The van der Waals surface area contributed by atoms with Gasteiger partial charge in [0.15, 0.2) is 6.29 Å². The highest BCUT2D eigenvalue weighted by molar-refractivity contribution is 7.18. The van der Waals surface area contributed by atoms with Crippen molar-refractivity contribution in [3.63, 3.8) is 0 Å². The van der Waals surface area contributed by atoms with E-state index in [2.05, 4.69) is 0 Å². The van der Waals surface area contributed by atoms with Gasteiger partial charge in [-0.05, 0) is 11.1 Å². The molecular formula is C17H13NOS. The van der Waals surface area contributed by atoms with Gasteiger partial charge in [0.25, 0.3) is 0 Å². The number of carbonyl (C=O) groups is 1. The third-order valence-corrected chi connectivity index (χ3v) is 4.36. The van der Waals surface area contributed by atoms with Crippen molar-refractivity contribution in [2.45, 2.75) is 0 Å². The van der Waals surface area contributed by atoms with Crippen molar-refractivity contribution in [2.75, 3.05) is 5.73 Å². The van der Waals surface area contributed by atoms with Gasteiger partial charge >= 0.3 is 0 Å². The lowest BCUT2D eigenvalue weighted by Crippen LogP contribution is -1.90. The molecule has 0 aliphatic carbocycles. The van der Waals surface area contributed by atoms with Crippen molar-refractivity contribution < 1.29 is 4.79 Å². The first-order chi connectivity index (χ1) is 9.81. The summed E-state index contributed by atoms with van der Waals surface area (Å²) in [5, 5.41) is 0. The van der Waals surface area contributed by atoms with Gasteiger partial charge in [-0.15, -0.1) is 11.3 Å². The largest absolute Gasteiger partial charge is 0.397 e. The molecule has 0 spiro atoms. The topological polar surface area (TPSA) is 43.1 Å². The number of hydrogen-bond acceptors (Lipinski definition) is 3. The zero-order chi connectivity index (χ0) is 13.9. The fourth-order valence-corrected chi connectivity index (χ4v) is 3.32. The lowest BCUT2D eigenvalue weighted by Gasteiger charge is -2.03. The third kappa shape index (κ3) is 2.12.